The topological polar surface area (TPSA) is 13.1 Å². The molecule has 0 N–H and O–H groups in total. The van der Waals surface area contributed by atoms with E-state index in [0.717, 1.165) is 18.4 Å². The van der Waals surface area contributed by atoms with Crippen molar-refractivity contribution in [2.75, 3.05) is 0 Å². The summed E-state index contributed by atoms with van der Waals surface area (Å²) in [4.78, 5) is 0. The first-order valence-corrected chi connectivity index (χ1v) is 6.89. The summed E-state index contributed by atoms with van der Waals surface area (Å²) in [5.74, 6) is 0. The third-order valence-electron chi connectivity index (χ3n) is 3.64. The van der Waals surface area contributed by atoms with E-state index in [9.17, 15) is 0 Å². The van der Waals surface area contributed by atoms with Crippen molar-refractivity contribution in [3.63, 3.8) is 0 Å². The highest BCUT2D eigenvalue weighted by molar-refractivity contribution is 6.07. The van der Waals surface area contributed by atoms with Gasteiger partial charge in [-0.3, -0.25) is 0 Å². The van der Waals surface area contributed by atoms with Gasteiger partial charge < -0.3 is 4.42 Å². The molecular formula is C18H18O. The first-order valence-electron chi connectivity index (χ1n) is 6.89. The third kappa shape index (κ3) is 2.28. The largest absolute Gasteiger partial charge is 0.464 e. The Hall–Kier alpha value is -2.02. The average molecular weight is 250 g/mol. The summed E-state index contributed by atoms with van der Waals surface area (Å²) in [7, 11) is 0. The lowest BCUT2D eigenvalue weighted by molar-refractivity contribution is 0.607. The minimum Gasteiger partial charge on any atom is -0.464 e. The summed E-state index contributed by atoms with van der Waals surface area (Å²) in [6.45, 7) is 3.77. The van der Waals surface area contributed by atoms with Crippen LogP contribution in [0.25, 0.3) is 21.7 Å². The van der Waals surface area contributed by atoms with Gasteiger partial charge in [0.05, 0.1) is 6.26 Å². The molecule has 0 spiro atoms. The van der Waals surface area contributed by atoms with Gasteiger partial charge in [-0.05, 0) is 48.1 Å². The van der Waals surface area contributed by atoms with Gasteiger partial charge in [0.1, 0.15) is 5.58 Å². The lowest BCUT2D eigenvalue weighted by Crippen LogP contribution is -1.84. The molecule has 0 saturated heterocycles. The number of furan rings is 1. The number of allylic oxidation sites excluding steroid dienone is 1. The van der Waals surface area contributed by atoms with Crippen LogP contribution in [0.5, 0.6) is 0 Å². The van der Waals surface area contributed by atoms with E-state index in [1.165, 1.54) is 34.6 Å². The number of fused-ring (bicyclic) bond motifs is 3. The standard InChI is InChI=1S/C18H18O/c1-2-3-4-5-9-15-13-19-17-12-11-14-8-6-7-10-16(14)18(15)17/h2,6-8,10-13H,1,3-5,9H2. The molecule has 0 saturated carbocycles. The molecule has 0 aliphatic carbocycles. The Balaban J connectivity index is 2.00. The molecule has 0 unspecified atom stereocenters. The number of benzene rings is 2. The van der Waals surface area contributed by atoms with Gasteiger partial charge in [-0.25, -0.2) is 0 Å². The number of aryl methyl sites for hydroxylation is 1. The van der Waals surface area contributed by atoms with Crippen LogP contribution in [0.4, 0.5) is 0 Å². The lowest BCUT2D eigenvalue weighted by atomic mass is 10.0. The van der Waals surface area contributed by atoms with Crippen molar-refractivity contribution in [3.05, 3.63) is 60.9 Å². The van der Waals surface area contributed by atoms with Crippen LogP contribution in [0.1, 0.15) is 24.8 Å². The molecule has 0 aliphatic heterocycles. The summed E-state index contributed by atoms with van der Waals surface area (Å²) in [5, 5.41) is 3.87. The molecule has 19 heavy (non-hydrogen) atoms. The Kier molecular flexibility index (Phi) is 3.37. The van der Waals surface area contributed by atoms with Crippen LogP contribution in [0.3, 0.4) is 0 Å². The molecule has 0 aliphatic rings. The van der Waals surface area contributed by atoms with Gasteiger partial charge in [0.15, 0.2) is 0 Å². The van der Waals surface area contributed by atoms with E-state index < -0.39 is 0 Å². The fourth-order valence-corrected chi connectivity index (χ4v) is 2.66. The predicted octanol–water partition coefficient (Wildman–Crippen LogP) is 5.48. The molecule has 1 nitrogen and oxygen atoms in total. The summed E-state index contributed by atoms with van der Waals surface area (Å²) < 4.78 is 5.69. The molecule has 0 bridgehead atoms. The van der Waals surface area contributed by atoms with Crippen molar-refractivity contribution in [1.29, 1.82) is 0 Å². The van der Waals surface area contributed by atoms with Gasteiger partial charge >= 0.3 is 0 Å². The van der Waals surface area contributed by atoms with E-state index in [0.29, 0.717) is 0 Å². The smallest absolute Gasteiger partial charge is 0.134 e. The molecule has 0 radical (unpaired) electrons. The molecule has 1 heteroatoms. The number of hydrogen-bond donors (Lipinski definition) is 0. The van der Waals surface area contributed by atoms with Crippen LogP contribution < -0.4 is 0 Å². The van der Waals surface area contributed by atoms with Crippen molar-refractivity contribution < 1.29 is 4.42 Å². The Morgan fingerprint density at radius 2 is 1.95 bits per heavy atom. The van der Waals surface area contributed by atoms with E-state index in [-0.39, 0.29) is 0 Å². The van der Waals surface area contributed by atoms with Gasteiger partial charge in [0, 0.05) is 5.39 Å². The molecular weight excluding hydrogens is 232 g/mol. The Labute approximate surface area is 113 Å². The van der Waals surface area contributed by atoms with Crippen LogP contribution in [0.15, 0.2) is 59.7 Å². The van der Waals surface area contributed by atoms with Crippen molar-refractivity contribution in [3.8, 4) is 0 Å². The zero-order valence-corrected chi connectivity index (χ0v) is 11.1. The number of rotatable bonds is 5. The molecule has 96 valence electrons. The molecule has 0 atom stereocenters. The van der Waals surface area contributed by atoms with Crippen LogP contribution in [0, 0.1) is 0 Å². The maximum atomic E-state index is 5.69. The molecule has 0 amide bonds. The second-order valence-electron chi connectivity index (χ2n) is 4.96. The molecule has 1 aromatic heterocycles. The van der Waals surface area contributed by atoms with Crippen molar-refractivity contribution in [2.24, 2.45) is 0 Å². The minimum absolute atomic E-state index is 0.998. The summed E-state index contributed by atoms with van der Waals surface area (Å²) in [6, 6.07) is 12.7. The highest BCUT2D eigenvalue weighted by Crippen LogP contribution is 2.30. The van der Waals surface area contributed by atoms with Crippen molar-refractivity contribution in [2.45, 2.75) is 25.7 Å². The van der Waals surface area contributed by atoms with Crippen LogP contribution in [0.2, 0.25) is 0 Å². The fraction of sp³-hybridized carbons (Fsp3) is 0.222. The van der Waals surface area contributed by atoms with E-state index in [2.05, 4.69) is 43.0 Å². The molecule has 3 rings (SSSR count). The first kappa shape index (κ1) is 12.0. The van der Waals surface area contributed by atoms with Crippen LogP contribution in [-0.4, -0.2) is 0 Å². The third-order valence-corrected chi connectivity index (χ3v) is 3.64. The quantitative estimate of drug-likeness (QED) is 0.431. The number of unbranched alkanes of at least 4 members (excludes halogenated alkanes) is 2. The second kappa shape index (κ2) is 5.31. The van der Waals surface area contributed by atoms with E-state index >= 15 is 0 Å². The zero-order chi connectivity index (χ0) is 13.1. The molecule has 3 aromatic rings. The maximum Gasteiger partial charge on any atom is 0.134 e. The van der Waals surface area contributed by atoms with E-state index in [1.54, 1.807) is 0 Å². The first-order chi connectivity index (χ1) is 9.40. The maximum absolute atomic E-state index is 5.69. The highest BCUT2D eigenvalue weighted by atomic mass is 16.3. The molecule has 1 heterocycles. The van der Waals surface area contributed by atoms with Gasteiger partial charge in [-0.1, -0.05) is 36.4 Å². The highest BCUT2D eigenvalue weighted by Gasteiger charge is 2.09. The Morgan fingerprint density at radius 1 is 1.05 bits per heavy atom. The SMILES string of the molecule is C=CCCCCc1coc2ccc3ccccc3c12. The van der Waals surface area contributed by atoms with Gasteiger partial charge in [0.2, 0.25) is 0 Å². The number of hydrogen-bond acceptors (Lipinski definition) is 1. The predicted molar refractivity (Wildman–Crippen MR) is 81.5 cm³/mol. The minimum atomic E-state index is 0.998. The fourth-order valence-electron chi connectivity index (χ4n) is 2.66. The Morgan fingerprint density at radius 3 is 2.84 bits per heavy atom. The summed E-state index contributed by atoms with van der Waals surface area (Å²) in [6.07, 6.45) is 8.46. The van der Waals surface area contributed by atoms with E-state index in [1.807, 2.05) is 12.3 Å². The molecule has 0 fully saturated rings. The van der Waals surface area contributed by atoms with Gasteiger partial charge in [-0.15, -0.1) is 6.58 Å². The molecule has 2 aromatic carbocycles. The van der Waals surface area contributed by atoms with Gasteiger partial charge in [0.25, 0.3) is 0 Å². The normalized spacial score (nSPS) is 11.2. The van der Waals surface area contributed by atoms with Crippen LogP contribution >= 0.6 is 0 Å². The van der Waals surface area contributed by atoms with E-state index in [4.69, 9.17) is 4.42 Å². The Bertz CT molecular complexity index is 706. The van der Waals surface area contributed by atoms with Crippen molar-refractivity contribution in [1.82, 2.24) is 0 Å². The van der Waals surface area contributed by atoms with Gasteiger partial charge in [-0.2, -0.15) is 0 Å². The average Bonchev–Trinajstić information content (AvgIpc) is 2.87. The van der Waals surface area contributed by atoms with Crippen molar-refractivity contribution >= 4 is 21.7 Å². The summed E-state index contributed by atoms with van der Waals surface area (Å²) >= 11 is 0. The summed E-state index contributed by atoms with van der Waals surface area (Å²) in [5.41, 5.74) is 2.33. The lowest BCUT2D eigenvalue weighted by Gasteiger charge is -2.02. The second-order valence-corrected chi connectivity index (χ2v) is 4.96. The van der Waals surface area contributed by atoms with Crippen LogP contribution in [-0.2, 0) is 6.42 Å². The zero-order valence-electron chi connectivity index (χ0n) is 11.1. The monoisotopic (exact) mass is 250 g/mol.